The molecule has 2 nitrogen and oxygen atoms in total. The lowest BCUT2D eigenvalue weighted by molar-refractivity contribution is 0.146. The van der Waals surface area contributed by atoms with Crippen LogP contribution in [0, 0.1) is 5.92 Å². The van der Waals surface area contributed by atoms with Gasteiger partial charge in [-0.2, -0.15) is 0 Å². The first-order valence-electron chi connectivity index (χ1n) is 6.64. The maximum atomic E-state index is 9.31. The van der Waals surface area contributed by atoms with Crippen LogP contribution in [0.2, 0.25) is 0 Å². The van der Waals surface area contributed by atoms with Crippen molar-refractivity contribution < 1.29 is 5.11 Å². The molecule has 0 aromatic heterocycles. The Morgan fingerprint density at radius 2 is 2.07 bits per heavy atom. The molecule has 3 atom stereocenters. The molecule has 1 aliphatic carbocycles. The summed E-state index contributed by atoms with van der Waals surface area (Å²) in [6.07, 6.45) is 8.94. The Balaban J connectivity index is 2.27. The van der Waals surface area contributed by atoms with E-state index in [-0.39, 0.29) is 0 Å². The molecule has 2 heteroatoms. The van der Waals surface area contributed by atoms with Gasteiger partial charge in [-0.15, -0.1) is 0 Å². The van der Waals surface area contributed by atoms with Crippen LogP contribution < -0.4 is 5.32 Å². The fourth-order valence-electron chi connectivity index (χ4n) is 2.60. The van der Waals surface area contributed by atoms with Crippen LogP contribution in [0.15, 0.2) is 0 Å². The van der Waals surface area contributed by atoms with Crippen molar-refractivity contribution in [3.63, 3.8) is 0 Å². The predicted molar refractivity (Wildman–Crippen MR) is 65.0 cm³/mol. The van der Waals surface area contributed by atoms with Gasteiger partial charge in [0.15, 0.2) is 0 Å². The third kappa shape index (κ3) is 4.52. The SMILES string of the molecule is CCCCC(C)NC1CCCCC1CO. The van der Waals surface area contributed by atoms with Crippen LogP contribution in [0.25, 0.3) is 0 Å². The van der Waals surface area contributed by atoms with Crippen molar-refractivity contribution in [2.45, 2.75) is 70.9 Å². The Labute approximate surface area is 94.5 Å². The Bertz CT molecular complexity index is 161. The van der Waals surface area contributed by atoms with E-state index < -0.39 is 0 Å². The van der Waals surface area contributed by atoms with Crippen LogP contribution in [-0.4, -0.2) is 23.8 Å². The molecule has 1 rings (SSSR count). The highest BCUT2D eigenvalue weighted by Crippen LogP contribution is 2.24. The number of aliphatic hydroxyl groups is 1. The van der Waals surface area contributed by atoms with Crippen molar-refractivity contribution in [1.29, 1.82) is 0 Å². The second kappa shape index (κ2) is 7.24. The molecule has 1 saturated carbocycles. The summed E-state index contributed by atoms with van der Waals surface area (Å²) in [7, 11) is 0. The van der Waals surface area contributed by atoms with Crippen LogP contribution in [0.5, 0.6) is 0 Å². The van der Waals surface area contributed by atoms with E-state index in [1.54, 1.807) is 0 Å². The molecule has 0 aromatic carbocycles. The molecular formula is C13H27NO. The Morgan fingerprint density at radius 1 is 1.33 bits per heavy atom. The first kappa shape index (κ1) is 13.0. The number of nitrogens with one attached hydrogen (secondary N) is 1. The quantitative estimate of drug-likeness (QED) is 0.711. The van der Waals surface area contributed by atoms with E-state index in [0.29, 0.717) is 24.6 Å². The van der Waals surface area contributed by atoms with Crippen LogP contribution in [0.1, 0.15) is 58.8 Å². The summed E-state index contributed by atoms with van der Waals surface area (Å²) in [5, 5.41) is 13.0. The van der Waals surface area contributed by atoms with Gasteiger partial charge in [0.1, 0.15) is 0 Å². The Morgan fingerprint density at radius 3 is 2.73 bits per heavy atom. The third-order valence-electron chi connectivity index (χ3n) is 3.63. The predicted octanol–water partition coefficient (Wildman–Crippen LogP) is 2.71. The average Bonchev–Trinajstić information content (AvgIpc) is 2.27. The number of hydrogen-bond acceptors (Lipinski definition) is 2. The maximum Gasteiger partial charge on any atom is 0.0474 e. The average molecular weight is 213 g/mol. The molecule has 0 spiro atoms. The molecule has 15 heavy (non-hydrogen) atoms. The van der Waals surface area contributed by atoms with Crippen molar-refractivity contribution >= 4 is 0 Å². The van der Waals surface area contributed by atoms with Crippen molar-refractivity contribution in [3.05, 3.63) is 0 Å². The highest BCUT2D eigenvalue weighted by Gasteiger charge is 2.24. The number of aliphatic hydroxyl groups excluding tert-OH is 1. The van der Waals surface area contributed by atoms with Gasteiger partial charge >= 0.3 is 0 Å². The van der Waals surface area contributed by atoms with Crippen LogP contribution in [0.4, 0.5) is 0 Å². The summed E-state index contributed by atoms with van der Waals surface area (Å²) in [6.45, 7) is 4.88. The van der Waals surface area contributed by atoms with Gasteiger partial charge in [-0.05, 0) is 32.1 Å². The summed E-state index contributed by atoms with van der Waals surface area (Å²) in [5.41, 5.74) is 0. The third-order valence-corrected chi connectivity index (χ3v) is 3.63. The highest BCUT2D eigenvalue weighted by molar-refractivity contribution is 4.82. The molecule has 90 valence electrons. The fourth-order valence-corrected chi connectivity index (χ4v) is 2.60. The maximum absolute atomic E-state index is 9.31. The smallest absolute Gasteiger partial charge is 0.0474 e. The van der Waals surface area contributed by atoms with Gasteiger partial charge < -0.3 is 10.4 Å². The van der Waals surface area contributed by atoms with Crippen LogP contribution in [-0.2, 0) is 0 Å². The molecule has 0 bridgehead atoms. The minimum Gasteiger partial charge on any atom is -0.396 e. The molecule has 0 saturated heterocycles. The molecular weight excluding hydrogens is 186 g/mol. The van der Waals surface area contributed by atoms with E-state index in [9.17, 15) is 5.11 Å². The van der Waals surface area contributed by atoms with Gasteiger partial charge in [0, 0.05) is 18.7 Å². The summed E-state index contributed by atoms with van der Waals surface area (Å²) in [4.78, 5) is 0. The minimum atomic E-state index is 0.359. The number of rotatable bonds is 6. The van der Waals surface area contributed by atoms with E-state index in [4.69, 9.17) is 0 Å². The van der Waals surface area contributed by atoms with Crippen molar-refractivity contribution in [2.75, 3.05) is 6.61 Å². The molecule has 0 radical (unpaired) electrons. The summed E-state index contributed by atoms with van der Waals surface area (Å²) < 4.78 is 0. The topological polar surface area (TPSA) is 32.3 Å². The molecule has 2 N–H and O–H groups in total. The second-order valence-corrected chi connectivity index (χ2v) is 5.04. The molecule has 1 fully saturated rings. The lowest BCUT2D eigenvalue weighted by atomic mass is 9.84. The zero-order chi connectivity index (χ0) is 11.1. The number of hydrogen-bond donors (Lipinski definition) is 2. The van der Waals surface area contributed by atoms with Gasteiger partial charge in [0.25, 0.3) is 0 Å². The van der Waals surface area contributed by atoms with Crippen LogP contribution in [0.3, 0.4) is 0 Å². The van der Waals surface area contributed by atoms with E-state index >= 15 is 0 Å². The Hall–Kier alpha value is -0.0800. The monoisotopic (exact) mass is 213 g/mol. The Kier molecular flexibility index (Phi) is 6.26. The molecule has 0 aliphatic heterocycles. The molecule has 1 aliphatic rings. The first-order valence-corrected chi connectivity index (χ1v) is 6.64. The lowest BCUT2D eigenvalue weighted by Crippen LogP contribution is -2.44. The first-order chi connectivity index (χ1) is 7.27. The van der Waals surface area contributed by atoms with E-state index in [1.807, 2.05) is 0 Å². The van der Waals surface area contributed by atoms with Gasteiger partial charge in [-0.1, -0.05) is 32.6 Å². The van der Waals surface area contributed by atoms with E-state index in [2.05, 4.69) is 19.2 Å². The lowest BCUT2D eigenvalue weighted by Gasteiger charge is -2.33. The summed E-state index contributed by atoms with van der Waals surface area (Å²) in [5.74, 6) is 0.503. The van der Waals surface area contributed by atoms with E-state index in [0.717, 1.165) is 0 Å². The van der Waals surface area contributed by atoms with Gasteiger partial charge in [0.05, 0.1) is 0 Å². The largest absolute Gasteiger partial charge is 0.396 e. The zero-order valence-corrected chi connectivity index (χ0v) is 10.3. The molecule has 0 amide bonds. The second-order valence-electron chi connectivity index (χ2n) is 5.04. The van der Waals surface area contributed by atoms with Crippen molar-refractivity contribution in [3.8, 4) is 0 Å². The molecule has 0 aromatic rings. The van der Waals surface area contributed by atoms with Crippen molar-refractivity contribution in [2.24, 2.45) is 5.92 Å². The minimum absolute atomic E-state index is 0.359. The summed E-state index contributed by atoms with van der Waals surface area (Å²) >= 11 is 0. The zero-order valence-electron chi connectivity index (χ0n) is 10.3. The number of unbranched alkanes of at least 4 members (excludes halogenated alkanes) is 1. The van der Waals surface area contributed by atoms with Crippen molar-refractivity contribution in [1.82, 2.24) is 5.32 Å². The summed E-state index contributed by atoms with van der Waals surface area (Å²) in [6, 6.07) is 1.18. The highest BCUT2D eigenvalue weighted by atomic mass is 16.3. The van der Waals surface area contributed by atoms with Gasteiger partial charge in [0.2, 0.25) is 0 Å². The normalized spacial score (nSPS) is 29.0. The fraction of sp³-hybridized carbons (Fsp3) is 1.00. The molecule has 3 unspecified atom stereocenters. The van der Waals surface area contributed by atoms with Gasteiger partial charge in [-0.3, -0.25) is 0 Å². The standard InChI is InChI=1S/C13H27NO/c1-3-4-7-11(2)14-13-9-6-5-8-12(13)10-15/h11-15H,3-10H2,1-2H3. The van der Waals surface area contributed by atoms with Gasteiger partial charge in [-0.25, -0.2) is 0 Å². The van der Waals surface area contributed by atoms with Crippen LogP contribution >= 0.6 is 0 Å². The molecule has 0 heterocycles. The van der Waals surface area contributed by atoms with E-state index in [1.165, 1.54) is 44.9 Å².